The first-order valence-electron chi connectivity index (χ1n) is 8.70. The van der Waals surface area contributed by atoms with Crippen molar-refractivity contribution in [2.75, 3.05) is 7.11 Å². The van der Waals surface area contributed by atoms with Crippen LogP contribution < -0.4 is 14.9 Å². The van der Waals surface area contributed by atoms with E-state index in [-0.39, 0.29) is 18.3 Å². The summed E-state index contributed by atoms with van der Waals surface area (Å²) in [7, 11) is 1.55. The van der Waals surface area contributed by atoms with Crippen LogP contribution >= 0.6 is 22.6 Å². The normalized spacial score (nSPS) is 10.7. The van der Waals surface area contributed by atoms with E-state index in [1.807, 2.05) is 12.1 Å². The Hall–Kier alpha value is -2.94. The van der Waals surface area contributed by atoms with Crippen LogP contribution in [0.15, 0.2) is 71.8 Å². The molecule has 7 heteroatoms. The number of benzene rings is 3. The maximum Gasteiger partial charge on any atom is 0.271 e. The molecule has 0 aliphatic carbocycles. The highest BCUT2D eigenvalue weighted by atomic mass is 127. The molecule has 0 aliphatic rings. The van der Waals surface area contributed by atoms with E-state index in [4.69, 9.17) is 9.47 Å². The van der Waals surface area contributed by atoms with Crippen molar-refractivity contribution in [1.29, 1.82) is 0 Å². The van der Waals surface area contributed by atoms with Gasteiger partial charge in [-0.05, 0) is 70.1 Å². The van der Waals surface area contributed by atoms with Crippen LogP contribution in [0.25, 0.3) is 0 Å². The lowest BCUT2D eigenvalue weighted by atomic mass is 10.2. The van der Waals surface area contributed by atoms with Gasteiger partial charge in [-0.3, -0.25) is 4.79 Å². The van der Waals surface area contributed by atoms with Crippen molar-refractivity contribution >= 4 is 34.7 Å². The standard InChI is InChI=1S/C22H18FIN2O3/c1-28-20-12-16(13-25-26-22(27)17-5-3-2-4-6-17)11-19(24)21(20)29-14-15-7-9-18(23)10-8-15/h2-13H,14H2,1H3,(H,26,27)/b25-13-. The van der Waals surface area contributed by atoms with Crippen LogP contribution in [0.2, 0.25) is 0 Å². The average Bonchev–Trinajstić information content (AvgIpc) is 2.74. The number of amides is 1. The molecule has 1 N–H and O–H groups in total. The Morgan fingerprint density at radius 3 is 2.55 bits per heavy atom. The highest BCUT2D eigenvalue weighted by Gasteiger charge is 2.12. The topological polar surface area (TPSA) is 59.9 Å². The molecule has 3 aromatic carbocycles. The van der Waals surface area contributed by atoms with Crippen molar-refractivity contribution < 1.29 is 18.7 Å². The molecule has 0 saturated heterocycles. The van der Waals surface area contributed by atoms with Crippen LogP contribution in [-0.4, -0.2) is 19.2 Å². The van der Waals surface area contributed by atoms with Crippen molar-refractivity contribution in [2.45, 2.75) is 6.61 Å². The molecule has 3 rings (SSSR count). The molecule has 0 unspecified atom stereocenters. The maximum atomic E-state index is 13.0. The molecule has 0 radical (unpaired) electrons. The lowest BCUT2D eigenvalue weighted by Crippen LogP contribution is -2.17. The molecule has 0 spiro atoms. The number of halogens is 2. The molecule has 5 nitrogen and oxygen atoms in total. The van der Waals surface area contributed by atoms with E-state index in [0.29, 0.717) is 17.1 Å². The van der Waals surface area contributed by atoms with Gasteiger partial charge in [0.15, 0.2) is 11.5 Å². The van der Waals surface area contributed by atoms with Gasteiger partial charge in [0.2, 0.25) is 0 Å². The summed E-state index contributed by atoms with van der Waals surface area (Å²) >= 11 is 2.14. The van der Waals surface area contributed by atoms with Gasteiger partial charge in [0, 0.05) is 5.56 Å². The van der Waals surface area contributed by atoms with Gasteiger partial charge in [0.05, 0.1) is 16.9 Å². The summed E-state index contributed by atoms with van der Waals surface area (Å²) in [5.41, 5.74) is 4.61. The largest absolute Gasteiger partial charge is 0.493 e. The zero-order valence-electron chi connectivity index (χ0n) is 15.6. The second-order valence-electron chi connectivity index (χ2n) is 6.01. The number of carbonyl (C=O) groups is 1. The van der Waals surface area contributed by atoms with Crippen LogP contribution in [0, 0.1) is 9.39 Å². The molecule has 0 fully saturated rings. The van der Waals surface area contributed by atoms with Gasteiger partial charge < -0.3 is 9.47 Å². The highest BCUT2D eigenvalue weighted by molar-refractivity contribution is 14.1. The first kappa shape index (κ1) is 20.8. The molecule has 0 aliphatic heterocycles. The molecular formula is C22H18FIN2O3. The van der Waals surface area contributed by atoms with E-state index >= 15 is 0 Å². The van der Waals surface area contributed by atoms with Gasteiger partial charge in [-0.25, -0.2) is 9.82 Å². The summed E-state index contributed by atoms with van der Waals surface area (Å²) < 4.78 is 25.1. The van der Waals surface area contributed by atoms with E-state index in [9.17, 15) is 9.18 Å². The Kier molecular flexibility index (Phi) is 7.18. The minimum absolute atomic E-state index is 0.285. The Balaban J connectivity index is 1.68. The summed E-state index contributed by atoms with van der Waals surface area (Å²) in [6.07, 6.45) is 1.54. The molecular weight excluding hydrogens is 486 g/mol. The maximum absolute atomic E-state index is 13.0. The van der Waals surface area contributed by atoms with Crippen molar-refractivity contribution in [3.8, 4) is 11.5 Å². The quantitative estimate of drug-likeness (QED) is 0.286. The molecule has 148 valence electrons. The number of nitrogens with one attached hydrogen (secondary N) is 1. The van der Waals surface area contributed by atoms with Gasteiger partial charge in [-0.1, -0.05) is 30.3 Å². The van der Waals surface area contributed by atoms with Crippen molar-refractivity contribution in [3.63, 3.8) is 0 Å². The molecule has 0 atom stereocenters. The smallest absolute Gasteiger partial charge is 0.271 e. The summed E-state index contributed by atoms with van der Waals surface area (Å²) in [5.74, 6) is 0.546. The van der Waals surface area contributed by atoms with Gasteiger partial charge >= 0.3 is 0 Å². The molecule has 0 aromatic heterocycles. The summed E-state index contributed by atoms with van der Waals surface area (Å²) in [5, 5.41) is 4.01. The lowest BCUT2D eigenvalue weighted by Gasteiger charge is -2.13. The molecule has 0 saturated carbocycles. The minimum Gasteiger partial charge on any atom is -0.493 e. The van der Waals surface area contributed by atoms with Gasteiger partial charge in [0.1, 0.15) is 12.4 Å². The zero-order valence-corrected chi connectivity index (χ0v) is 17.7. The predicted octanol–water partition coefficient (Wildman–Crippen LogP) is 4.78. The van der Waals surface area contributed by atoms with E-state index in [2.05, 4.69) is 33.1 Å². The van der Waals surface area contributed by atoms with Crippen LogP contribution in [-0.2, 0) is 6.61 Å². The van der Waals surface area contributed by atoms with Gasteiger partial charge in [-0.2, -0.15) is 5.10 Å². The highest BCUT2D eigenvalue weighted by Crippen LogP contribution is 2.34. The molecule has 3 aromatic rings. The van der Waals surface area contributed by atoms with Gasteiger partial charge in [0.25, 0.3) is 5.91 Å². The Morgan fingerprint density at radius 1 is 1.14 bits per heavy atom. The number of hydrazone groups is 1. The fraction of sp³-hybridized carbons (Fsp3) is 0.0909. The number of methoxy groups -OCH3 is 1. The summed E-state index contributed by atoms with van der Waals surface area (Å²) in [6.45, 7) is 0.285. The van der Waals surface area contributed by atoms with Crippen molar-refractivity contribution in [1.82, 2.24) is 5.43 Å². The number of carbonyl (C=O) groups excluding carboxylic acids is 1. The lowest BCUT2D eigenvalue weighted by molar-refractivity contribution is 0.0955. The number of rotatable bonds is 7. The third-order valence-corrected chi connectivity index (χ3v) is 4.77. The first-order valence-corrected chi connectivity index (χ1v) is 9.78. The molecule has 29 heavy (non-hydrogen) atoms. The fourth-order valence-corrected chi connectivity index (χ4v) is 3.29. The Labute approximate surface area is 181 Å². The number of hydrogen-bond donors (Lipinski definition) is 1. The number of hydrogen-bond acceptors (Lipinski definition) is 4. The minimum atomic E-state index is -0.289. The Bertz CT molecular complexity index is 1010. The van der Waals surface area contributed by atoms with Crippen LogP contribution in [0.1, 0.15) is 21.5 Å². The third kappa shape index (κ3) is 5.77. The summed E-state index contributed by atoms with van der Waals surface area (Å²) in [4.78, 5) is 12.0. The second-order valence-corrected chi connectivity index (χ2v) is 7.18. The molecule has 0 heterocycles. The third-order valence-electron chi connectivity index (χ3n) is 3.96. The fourth-order valence-electron chi connectivity index (χ4n) is 2.51. The van der Waals surface area contributed by atoms with Crippen molar-refractivity contribution in [3.05, 3.63) is 92.8 Å². The molecule has 0 bridgehead atoms. The first-order chi connectivity index (χ1) is 14.1. The van der Waals surface area contributed by atoms with Crippen LogP contribution in [0.4, 0.5) is 4.39 Å². The molecule has 1 amide bonds. The monoisotopic (exact) mass is 504 g/mol. The number of ether oxygens (including phenoxy) is 2. The number of nitrogens with zero attached hydrogens (tertiary/aromatic N) is 1. The average molecular weight is 504 g/mol. The zero-order chi connectivity index (χ0) is 20.6. The SMILES string of the molecule is COc1cc(/C=N\NC(=O)c2ccccc2)cc(I)c1OCc1ccc(F)cc1. The van der Waals surface area contributed by atoms with E-state index in [0.717, 1.165) is 14.7 Å². The summed E-state index contributed by atoms with van der Waals surface area (Å²) in [6, 6.07) is 18.6. The van der Waals surface area contributed by atoms with Crippen LogP contribution in [0.3, 0.4) is 0 Å². The van der Waals surface area contributed by atoms with Gasteiger partial charge in [-0.15, -0.1) is 0 Å². The van der Waals surface area contributed by atoms with E-state index < -0.39 is 0 Å². The van der Waals surface area contributed by atoms with Crippen molar-refractivity contribution in [2.24, 2.45) is 5.10 Å². The second kappa shape index (κ2) is 10.0. The van der Waals surface area contributed by atoms with E-state index in [1.165, 1.54) is 18.3 Å². The van der Waals surface area contributed by atoms with E-state index in [1.54, 1.807) is 49.6 Å². The van der Waals surface area contributed by atoms with Crippen LogP contribution in [0.5, 0.6) is 11.5 Å². The Morgan fingerprint density at radius 2 is 1.86 bits per heavy atom. The predicted molar refractivity (Wildman–Crippen MR) is 118 cm³/mol.